The molecule has 0 amide bonds. The van der Waals surface area contributed by atoms with Gasteiger partial charge in [0.2, 0.25) is 0 Å². The zero-order valence-corrected chi connectivity index (χ0v) is 11.8. The minimum Gasteiger partial charge on any atom is -0.329 e. The summed E-state index contributed by atoms with van der Waals surface area (Å²) in [5.74, 6) is 0. The van der Waals surface area contributed by atoms with E-state index < -0.39 is 0 Å². The standard InChI is InChI=1S/C15H25N3/c1-12-4-5-14(10-13(12)2)15(11-16)18-8-6-17(3)7-9-18/h4-5,10,15H,6-9,11,16H2,1-3H3. The Hall–Kier alpha value is -0.900. The summed E-state index contributed by atoms with van der Waals surface area (Å²) in [6.45, 7) is 9.55. The minimum absolute atomic E-state index is 0.373. The molecule has 1 aromatic carbocycles. The zero-order valence-electron chi connectivity index (χ0n) is 11.8. The van der Waals surface area contributed by atoms with Gasteiger partial charge in [0.1, 0.15) is 0 Å². The lowest BCUT2D eigenvalue weighted by Crippen LogP contribution is -2.47. The lowest BCUT2D eigenvalue weighted by Gasteiger charge is -2.37. The van der Waals surface area contributed by atoms with Gasteiger partial charge in [-0.3, -0.25) is 4.90 Å². The average Bonchev–Trinajstić information content (AvgIpc) is 2.37. The van der Waals surface area contributed by atoms with Crippen LogP contribution in [0.5, 0.6) is 0 Å². The maximum atomic E-state index is 6.00. The van der Waals surface area contributed by atoms with Gasteiger partial charge in [-0.15, -0.1) is 0 Å². The van der Waals surface area contributed by atoms with Crippen LogP contribution in [0, 0.1) is 13.8 Å². The Kier molecular flexibility index (Phi) is 4.38. The molecule has 1 atom stereocenters. The molecule has 0 radical (unpaired) electrons. The first kappa shape index (κ1) is 13.5. The Labute approximate surface area is 111 Å². The third kappa shape index (κ3) is 2.91. The summed E-state index contributed by atoms with van der Waals surface area (Å²) in [4.78, 5) is 4.90. The number of aryl methyl sites for hydroxylation is 2. The number of nitrogens with zero attached hydrogens (tertiary/aromatic N) is 2. The molecule has 0 aliphatic carbocycles. The zero-order chi connectivity index (χ0) is 13.1. The minimum atomic E-state index is 0.373. The van der Waals surface area contributed by atoms with Crippen LogP contribution < -0.4 is 5.73 Å². The van der Waals surface area contributed by atoms with E-state index >= 15 is 0 Å². The van der Waals surface area contributed by atoms with Crippen molar-refractivity contribution in [2.75, 3.05) is 39.8 Å². The SMILES string of the molecule is Cc1ccc(C(CN)N2CCN(C)CC2)cc1C. The molecular weight excluding hydrogens is 222 g/mol. The smallest absolute Gasteiger partial charge is 0.0471 e. The maximum Gasteiger partial charge on any atom is 0.0471 e. The van der Waals surface area contributed by atoms with Gasteiger partial charge in [0, 0.05) is 38.8 Å². The molecule has 2 rings (SSSR count). The van der Waals surface area contributed by atoms with Crippen LogP contribution >= 0.6 is 0 Å². The van der Waals surface area contributed by atoms with Crippen LogP contribution in [0.25, 0.3) is 0 Å². The van der Waals surface area contributed by atoms with E-state index in [0.29, 0.717) is 12.6 Å². The Morgan fingerprint density at radius 3 is 2.33 bits per heavy atom. The highest BCUT2D eigenvalue weighted by atomic mass is 15.3. The number of piperazine rings is 1. The number of nitrogens with two attached hydrogens (primary N) is 1. The van der Waals surface area contributed by atoms with Crippen LogP contribution in [0.1, 0.15) is 22.7 Å². The fraction of sp³-hybridized carbons (Fsp3) is 0.600. The first-order chi connectivity index (χ1) is 8.61. The van der Waals surface area contributed by atoms with E-state index in [4.69, 9.17) is 5.73 Å². The van der Waals surface area contributed by atoms with Gasteiger partial charge in [-0.1, -0.05) is 18.2 Å². The molecule has 0 spiro atoms. The fourth-order valence-corrected chi connectivity index (χ4v) is 2.60. The molecule has 0 saturated carbocycles. The first-order valence-corrected chi connectivity index (χ1v) is 6.81. The summed E-state index contributed by atoms with van der Waals surface area (Å²) in [5, 5.41) is 0. The van der Waals surface area contributed by atoms with Gasteiger partial charge in [-0.2, -0.15) is 0 Å². The molecule has 3 nitrogen and oxygen atoms in total. The molecule has 1 fully saturated rings. The molecule has 1 heterocycles. The fourth-order valence-electron chi connectivity index (χ4n) is 2.60. The third-order valence-corrected chi connectivity index (χ3v) is 4.12. The van der Waals surface area contributed by atoms with Crippen molar-refractivity contribution in [1.29, 1.82) is 0 Å². The van der Waals surface area contributed by atoms with E-state index in [1.165, 1.54) is 16.7 Å². The van der Waals surface area contributed by atoms with Gasteiger partial charge < -0.3 is 10.6 Å². The van der Waals surface area contributed by atoms with Crippen LogP contribution in [0.2, 0.25) is 0 Å². The second-order valence-corrected chi connectivity index (χ2v) is 5.43. The Balaban J connectivity index is 2.14. The van der Waals surface area contributed by atoms with Crippen LogP contribution in [-0.2, 0) is 0 Å². The first-order valence-electron chi connectivity index (χ1n) is 6.81. The number of likely N-dealkylation sites (N-methyl/N-ethyl adjacent to an activating group) is 1. The van der Waals surface area contributed by atoms with Crippen molar-refractivity contribution in [3.63, 3.8) is 0 Å². The topological polar surface area (TPSA) is 32.5 Å². The molecule has 0 bridgehead atoms. The monoisotopic (exact) mass is 247 g/mol. The van der Waals surface area contributed by atoms with Gasteiger partial charge in [0.05, 0.1) is 0 Å². The van der Waals surface area contributed by atoms with E-state index in [1.807, 2.05) is 0 Å². The summed E-state index contributed by atoms with van der Waals surface area (Å²) in [5.41, 5.74) is 10.1. The highest BCUT2D eigenvalue weighted by Gasteiger charge is 2.22. The molecule has 100 valence electrons. The predicted molar refractivity (Wildman–Crippen MR) is 76.8 cm³/mol. The van der Waals surface area contributed by atoms with Crippen molar-refractivity contribution < 1.29 is 0 Å². The largest absolute Gasteiger partial charge is 0.329 e. The molecular formula is C15H25N3. The normalized spacial score (nSPS) is 20.0. The van der Waals surface area contributed by atoms with Gasteiger partial charge in [-0.25, -0.2) is 0 Å². The van der Waals surface area contributed by atoms with E-state index in [-0.39, 0.29) is 0 Å². The van der Waals surface area contributed by atoms with Crippen LogP contribution in [0.15, 0.2) is 18.2 Å². The van der Waals surface area contributed by atoms with Crippen molar-refractivity contribution >= 4 is 0 Å². The average molecular weight is 247 g/mol. The molecule has 1 saturated heterocycles. The van der Waals surface area contributed by atoms with Gasteiger partial charge in [0.15, 0.2) is 0 Å². The van der Waals surface area contributed by atoms with Crippen LogP contribution in [-0.4, -0.2) is 49.6 Å². The van der Waals surface area contributed by atoms with Crippen molar-refractivity contribution in [1.82, 2.24) is 9.80 Å². The molecule has 18 heavy (non-hydrogen) atoms. The van der Waals surface area contributed by atoms with Gasteiger partial charge in [0.25, 0.3) is 0 Å². The molecule has 1 unspecified atom stereocenters. The Bertz CT molecular complexity index is 395. The molecule has 1 aliphatic heterocycles. The van der Waals surface area contributed by atoms with Crippen LogP contribution in [0.4, 0.5) is 0 Å². The van der Waals surface area contributed by atoms with Crippen molar-refractivity contribution in [3.05, 3.63) is 34.9 Å². The summed E-state index contributed by atoms with van der Waals surface area (Å²) < 4.78 is 0. The van der Waals surface area contributed by atoms with E-state index in [0.717, 1.165) is 26.2 Å². The molecule has 1 aromatic rings. The molecule has 1 aliphatic rings. The van der Waals surface area contributed by atoms with Gasteiger partial charge >= 0.3 is 0 Å². The maximum absolute atomic E-state index is 6.00. The lowest BCUT2D eigenvalue weighted by atomic mass is 9.99. The second kappa shape index (κ2) is 5.83. The number of benzene rings is 1. The quantitative estimate of drug-likeness (QED) is 0.879. The highest BCUT2D eigenvalue weighted by molar-refractivity contribution is 5.32. The number of rotatable bonds is 3. The Morgan fingerprint density at radius 2 is 1.78 bits per heavy atom. The summed E-state index contributed by atoms with van der Waals surface area (Å²) in [7, 11) is 2.19. The van der Waals surface area contributed by atoms with Crippen molar-refractivity contribution in [2.24, 2.45) is 5.73 Å². The van der Waals surface area contributed by atoms with Crippen molar-refractivity contribution in [2.45, 2.75) is 19.9 Å². The summed E-state index contributed by atoms with van der Waals surface area (Å²) in [6.07, 6.45) is 0. The number of hydrogen-bond acceptors (Lipinski definition) is 3. The predicted octanol–water partition coefficient (Wildman–Crippen LogP) is 1.55. The van der Waals surface area contributed by atoms with Crippen molar-refractivity contribution in [3.8, 4) is 0 Å². The van der Waals surface area contributed by atoms with Gasteiger partial charge in [-0.05, 0) is 37.6 Å². The molecule has 0 aromatic heterocycles. The third-order valence-electron chi connectivity index (χ3n) is 4.12. The summed E-state index contributed by atoms with van der Waals surface area (Å²) in [6, 6.07) is 7.12. The highest BCUT2D eigenvalue weighted by Crippen LogP contribution is 2.23. The van der Waals surface area contributed by atoms with E-state index in [2.05, 4.69) is 48.9 Å². The Morgan fingerprint density at radius 1 is 1.11 bits per heavy atom. The lowest BCUT2D eigenvalue weighted by molar-refractivity contribution is 0.114. The molecule has 2 N–H and O–H groups in total. The van der Waals surface area contributed by atoms with Crippen LogP contribution in [0.3, 0.4) is 0 Å². The second-order valence-electron chi connectivity index (χ2n) is 5.43. The summed E-state index contributed by atoms with van der Waals surface area (Å²) >= 11 is 0. The molecule has 3 heteroatoms. The van der Waals surface area contributed by atoms with E-state index in [9.17, 15) is 0 Å². The van der Waals surface area contributed by atoms with E-state index in [1.54, 1.807) is 0 Å². The number of hydrogen-bond donors (Lipinski definition) is 1.